The molecule has 2 aliphatic rings. The van der Waals surface area contributed by atoms with Crippen LogP contribution in [0, 0.1) is 17.7 Å². The van der Waals surface area contributed by atoms with Crippen LogP contribution in [-0.4, -0.2) is 58.9 Å². The molecule has 2 fully saturated rings. The van der Waals surface area contributed by atoms with Gasteiger partial charge in [0, 0.05) is 32.1 Å². The van der Waals surface area contributed by atoms with E-state index in [0.29, 0.717) is 31.8 Å². The minimum atomic E-state index is -1.24. The number of nitrogens with zero attached hydrogens (tertiary/aromatic N) is 2. The molecule has 0 spiro atoms. The minimum Gasteiger partial charge on any atom is -0.478 e. The summed E-state index contributed by atoms with van der Waals surface area (Å²) in [6, 6.07) is 3.31. The number of aromatic carboxylic acids is 1. The molecular formula is C20H25FN2O4. The number of hydrogen-bond donors (Lipinski definition) is 1. The van der Waals surface area contributed by atoms with Crippen molar-refractivity contribution in [1.29, 1.82) is 0 Å². The second kappa shape index (κ2) is 8.06. The van der Waals surface area contributed by atoms with Gasteiger partial charge in [-0.2, -0.15) is 0 Å². The number of carboxylic acids is 1. The molecule has 0 radical (unpaired) electrons. The third-order valence-electron chi connectivity index (χ3n) is 5.67. The number of likely N-dealkylation sites (tertiary alicyclic amines) is 2. The van der Waals surface area contributed by atoms with Crippen molar-refractivity contribution in [2.45, 2.75) is 32.6 Å². The number of carboxylic acid groups (broad SMARTS) is 1. The Morgan fingerprint density at radius 3 is 2.15 bits per heavy atom. The van der Waals surface area contributed by atoms with Crippen LogP contribution in [0.25, 0.3) is 0 Å². The number of hydrogen-bond acceptors (Lipinski definition) is 3. The van der Waals surface area contributed by atoms with Gasteiger partial charge in [0.1, 0.15) is 5.82 Å². The molecule has 146 valence electrons. The van der Waals surface area contributed by atoms with Crippen molar-refractivity contribution in [3.63, 3.8) is 0 Å². The molecule has 0 saturated carbocycles. The van der Waals surface area contributed by atoms with Crippen LogP contribution in [0.3, 0.4) is 0 Å². The summed E-state index contributed by atoms with van der Waals surface area (Å²) in [5, 5.41) is 8.89. The van der Waals surface area contributed by atoms with Crippen LogP contribution >= 0.6 is 0 Å². The zero-order valence-electron chi connectivity index (χ0n) is 15.5. The van der Waals surface area contributed by atoms with Crippen molar-refractivity contribution in [2.75, 3.05) is 26.2 Å². The van der Waals surface area contributed by atoms with Crippen LogP contribution in [0.1, 0.15) is 53.3 Å². The zero-order valence-corrected chi connectivity index (χ0v) is 15.5. The summed E-state index contributed by atoms with van der Waals surface area (Å²) < 4.78 is 14.1. The molecule has 2 saturated heterocycles. The van der Waals surface area contributed by atoms with Crippen LogP contribution < -0.4 is 0 Å². The molecule has 1 aromatic carbocycles. The highest BCUT2D eigenvalue weighted by Crippen LogP contribution is 2.25. The number of halogens is 1. The van der Waals surface area contributed by atoms with Crippen molar-refractivity contribution < 1.29 is 23.9 Å². The van der Waals surface area contributed by atoms with Crippen LogP contribution in [0.2, 0.25) is 0 Å². The molecule has 0 bridgehead atoms. The van der Waals surface area contributed by atoms with E-state index in [1.54, 1.807) is 4.90 Å². The van der Waals surface area contributed by atoms with E-state index in [4.69, 9.17) is 5.11 Å². The standard InChI is InChI=1S/C20H25FN2O4/c1-13-4-8-22(9-5-13)18(24)14-6-10-23(11-7-14)19(25)16-3-2-15(20(26)27)12-17(16)21/h2-3,12-14H,4-11H2,1H3,(H,26,27). The highest BCUT2D eigenvalue weighted by Gasteiger charge is 2.32. The van der Waals surface area contributed by atoms with Gasteiger partial charge in [0.05, 0.1) is 11.1 Å². The second-order valence-corrected chi connectivity index (χ2v) is 7.57. The molecular weight excluding hydrogens is 351 g/mol. The maximum absolute atomic E-state index is 14.1. The summed E-state index contributed by atoms with van der Waals surface area (Å²) in [5.74, 6) is -1.77. The van der Waals surface area contributed by atoms with Crippen molar-refractivity contribution in [2.24, 2.45) is 11.8 Å². The van der Waals surface area contributed by atoms with Crippen molar-refractivity contribution >= 4 is 17.8 Å². The van der Waals surface area contributed by atoms with Crippen LogP contribution in [0.5, 0.6) is 0 Å². The van der Waals surface area contributed by atoms with E-state index in [-0.39, 0.29) is 23.0 Å². The van der Waals surface area contributed by atoms with Gasteiger partial charge in [-0.15, -0.1) is 0 Å². The molecule has 2 amide bonds. The van der Waals surface area contributed by atoms with Gasteiger partial charge in [0.25, 0.3) is 5.91 Å². The molecule has 1 aromatic rings. The fraction of sp³-hybridized carbons (Fsp3) is 0.550. The number of rotatable bonds is 3. The molecule has 1 N–H and O–H groups in total. The summed E-state index contributed by atoms with van der Waals surface area (Å²) in [5.41, 5.74) is -0.320. The largest absolute Gasteiger partial charge is 0.478 e. The zero-order chi connectivity index (χ0) is 19.6. The van der Waals surface area contributed by atoms with Gasteiger partial charge < -0.3 is 14.9 Å². The fourth-order valence-electron chi connectivity index (χ4n) is 3.81. The van der Waals surface area contributed by atoms with Gasteiger partial charge in [-0.05, 0) is 49.8 Å². The fourth-order valence-corrected chi connectivity index (χ4v) is 3.81. The first-order valence-electron chi connectivity index (χ1n) is 9.47. The molecule has 0 atom stereocenters. The lowest BCUT2D eigenvalue weighted by atomic mass is 9.92. The Labute approximate surface area is 157 Å². The van der Waals surface area contributed by atoms with E-state index in [1.807, 2.05) is 4.90 Å². The Morgan fingerprint density at radius 2 is 1.59 bits per heavy atom. The quantitative estimate of drug-likeness (QED) is 0.880. The van der Waals surface area contributed by atoms with Crippen molar-refractivity contribution in [3.8, 4) is 0 Å². The average molecular weight is 376 g/mol. The van der Waals surface area contributed by atoms with Gasteiger partial charge >= 0.3 is 5.97 Å². The van der Waals surface area contributed by atoms with E-state index in [0.717, 1.165) is 32.0 Å². The number of carbonyl (C=O) groups excluding carboxylic acids is 2. The van der Waals surface area contributed by atoms with Gasteiger partial charge in [0.2, 0.25) is 5.91 Å². The van der Waals surface area contributed by atoms with Gasteiger partial charge in [-0.25, -0.2) is 9.18 Å². The molecule has 0 aromatic heterocycles. The normalized spacial score (nSPS) is 19.2. The van der Waals surface area contributed by atoms with Crippen LogP contribution in [0.15, 0.2) is 18.2 Å². The maximum atomic E-state index is 14.1. The number of carbonyl (C=O) groups is 3. The summed E-state index contributed by atoms with van der Waals surface area (Å²) >= 11 is 0. The first-order valence-corrected chi connectivity index (χ1v) is 9.47. The van der Waals surface area contributed by atoms with E-state index < -0.39 is 17.7 Å². The molecule has 3 rings (SSSR count). The molecule has 0 aliphatic carbocycles. The Kier molecular flexibility index (Phi) is 5.77. The van der Waals surface area contributed by atoms with E-state index in [1.165, 1.54) is 12.1 Å². The Hall–Kier alpha value is -2.44. The number of piperidine rings is 2. The van der Waals surface area contributed by atoms with Gasteiger partial charge in [-0.1, -0.05) is 6.92 Å². The summed E-state index contributed by atoms with van der Waals surface area (Å²) in [6.07, 6.45) is 3.22. The first kappa shape index (κ1) is 19.3. The summed E-state index contributed by atoms with van der Waals surface area (Å²) in [4.78, 5) is 39.6. The van der Waals surface area contributed by atoms with Crippen molar-refractivity contribution in [1.82, 2.24) is 9.80 Å². The Balaban J connectivity index is 1.58. The second-order valence-electron chi connectivity index (χ2n) is 7.57. The predicted octanol–water partition coefficient (Wildman–Crippen LogP) is 2.63. The van der Waals surface area contributed by atoms with E-state index in [2.05, 4.69) is 6.92 Å². The lowest BCUT2D eigenvalue weighted by Crippen LogP contribution is -2.46. The lowest BCUT2D eigenvalue weighted by molar-refractivity contribution is -0.138. The summed E-state index contributed by atoms with van der Waals surface area (Å²) in [7, 11) is 0. The van der Waals surface area contributed by atoms with Crippen molar-refractivity contribution in [3.05, 3.63) is 35.1 Å². The number of benzene rings is 1. The van der Waals surface area contributed by atoms with Crippen LogP contribution in [-0.2, 0) is 4.79 Å². The summed E-state index contributed by atoms with van der Waals surface area (Å²) in [6.45, 7) is 4.62. The molecule has 2 heterocycles. The lowest BCUT2D eigenvalue weighted by Gasteiger charge is -2.36. The minimum absolute atomic E-state index is 0.0818. The topological polar surface area (TPSA) is 77.9 Å². The third kappa shape index (κ3) is 4.28. The maximum Gasteiger partial charge on any atom is 0.335 e. The smallest absolute Gasteiger partial charge is 0.335 e. The first-order chi connectivity index (χ1) is 12.9. The Bertz CT molecular complexity index is 735. The molecule has 27 heavy (non-hydrogen) atoms. The molecule has 2 aliphatic heterocycles. The van der Waals surface area contributed by atoms with Crippen LogP contribution in [0.4, 0.5) is 4.39 Å². The molecule has 6 nitrogen and oxygen atoms in total. The van der Waals surface area contributed by atoms with E-state index >= 15 is 0 Å². The number of amides is 2. The third-order valence-corrected chi connectivity index (χ3v) is 5.67. The molecule has 0 unspecified atom stereocenters. The monoisotopic (exact) mass is 376 g/mol. The van der Waals surface area contributed by atoms with Gasteiger partial charge in [-0.3, -0.25) is 9.59 Å². The highest BCUT2D eigenvalue weighted by molar-refractivity contribution is 5.96. The van der Waals surface area contributed by atoms with Gasteiger partial charge in [0.15, 0.2) is 0 Å². The Morgan fingerprint density at radius 1 is 1.00 bits per heavy atom. The molecule has 7 heteroatoms. The average Bonchev–Trinajstić information content (AvgIpc) is 2.67. The highest BCUT2D eigenvalue weighted by atomic mass is 19.1. The predicted molar refractivity (Wildman–Crippen MR) is 97.0 cm³/mol. The van der Waals surface area contributed by atoms with E-state index in [9.17, 15) is 18.8 Å². The SMILES string of the molecule is CC1CCN(C(=O)C2CCN(C(=O)c3ccc(C(=O)O)cc3F)CC2)CC1.